The van der Waals surface area contributed by atoms with Gasteiger partial charge in [-0.3, -0.25) is 14.5 Å². The molecule has 1 aliphatic heterocycles. The molecule has 1 heterocycles. The van der Waals surface area contributed by atoms with Crippen LogP contribution in [-0.2, 0) is 9.59 Å². The van der Waals surface area contributed by atoms with Crippen LogP contribution in [0.2, 0.25) is 5.02 Å². The van der Waals surface area contributed by atoms with Gasteiger partial charge in [-0.1, -0.05) is 79.9 Å². The number of aliphatic hydroxyl groups is 1. The number of nitrogens with zero attached hydrogens (tertiary/aromatic N) is 1. The van der Waals surface area contributed by atoms with Crippen molar-refractivity contribution in [2.45, 2.75) is 32.2 Å². The molecule has 5 rings (SSSR count). The second-order valence-corrected chi connectivity index (χ2v) is 9.73. The number of amides is 1. The van der Waals surface area contributed by atoms with E-state index in [1.165, 1.54) is 4.90 Å². The highest BCUT2D eigenvalue weighted by atomic mass is 35.5. The van der Waals surface area contributed by atoms with Crippen LogP contribution >= 0.6 is 11.6 Å². The van der Waals surface area contributed by atoms with E-state index in [-0.39, 0.29) is 11.3 Å². The zero-order valence-corrected chi connectivity index (χ0v) is 21.8. The maximum Gasteiger partial charge on any atom is 0.300 e. The number of hydrogen-bond acceptors (Lipinski definition) is 4. The van der Waals surface area contributed by atoms with Crippen molar-refractivity contribution < 1.29 is 19.4 Å². The van der Waals surface area contributed by atoms with Gasteiger partial charge in [0.25, 0.3) is 11.7 Å². The predicted molar refractivity (Wildman–Crippen MR) is 152 cm³/mol. The number of Topliss-reactive ketones (excluding diaryl/α,β-unsaturated/α-hetero) is 1. The van der Waals surface area contributed by atoms with Crippen LogP contribution in [0.3, 0.4) is 0 Å². The Bertz CT molecular complexity index is 1520. The Morgan fingerprint density at radius 2 is 1.66 bits per heavy atom. The van der Waals surface area contributed by atoms with Crippen molar-refractivity contribution in [2.24, 2.45) is 0 Å². The van der Waals surface area contributed by atoms with Crippen molar-refractivity contribution in [1.82, 2.24) is 0 Å². The molecule has 1 N–H and O–H groups in total. The monoisotopic (exact) mass is 525 g/mol. The van der Waals surface area contributed by atoms with Crippen LogP contribution in [0, 0.1) is 0 Å². The summed E-state index contributed by atoms with van der Waals surface area (Å²) in [5.74, 6) is -1.02. The fourth-order valence-electron chi connectivity index (χ4n) is 4.91. The highest BCUT2D eigenvalue weighted by Gasteiger charge is 2.47. The molecular weight excluding hydrogens is 498 g/mol. The molecular formula is C32H28ClNO4. The molecule has 0 aliphatic carbocycles. The highest BCUT2D eigenvalue weighted by molar-refractivity contribution is 6.52. The number of halogens is 1. The van der Waals surface area contributed by atoms with Crippen LogP contribution in [0.15, 0.2) is 96.6 Å². The summed E-state index contributed by atoms with van der Waals surface area (Å²) in [5, 5.41) is 13.8. The fourth-order valence-corrected chi connectivity index (χ4v) is 5.10. The minimum absolute atomic E-state index is 0.0305. The molecule has 4 aromatic carbocycles. The molecule has 0 saturated carbocycles. The normalized spacial score (nSPS) is 16.8. The smallest absolute Gasteiger partial charge is 0.300 e. The SMILES string of the molecule is CCCCCOc1ccc(/C(O)=C2/C(=O)C(=O)N(c3cccc(Cl)c3)C2c2cccc3ccccc23)cc1. The average Bonchev–Trinajstić information content (AvgIpc) is 3.20. The lowest BCUT2D eigenvalue weighted by molar-refractivity contribution is -0.132. The van der Waals surface area contributed by atoms with Crippen LogP contribution < -0.4 is 9.64 Å². The van der Waals surface area contributed by atoms with Crippen molar-refractivity contribution in [2.75, 3.05) is 11.5 Å². The lowest BCUT2D eigenvalue weighted by Gasteiger charge is -2.26. The molecule has 6 heteroatoms. The lowest BCUT2D eigenvalue weighted by Crippen LogP contribution is -2.29. The molecule has 0 radical (unpaired) electrons. The number of fused-ring (bicyclic) bond motifs is 1. The van der Waals surface area contributed by atoms with Gasteiger partial charge < -0.3 is 9.84 Å². The van der Waals surface area contributed by atoms with Gasteiger partial charge in [0.05, 0.1) is 18.2 Å². The van der Waals surface area contributed by atoms with Crippen LogP contribution in [0.1, 0.15) is 43.4 Å². The first-order valence-corrected chi connectivity index (χ1v) is 13.1. The summed E-state index contributed by atoms with van der Waals surface area (Å²) in [4.78, 5) is 28.4. The van der Waals surface area contributed by atoms with Gasteiger partial charge in [-0.05, 0) is 65.2 Å². The third-order valence-corrected chi connectivity index (χ3v) is 7.03. The fraction of sp³-hybridized carbons (Fsp3) is 0.188. The number of benzene rings is 4. The third-order valence-electron chi connectivity index (χ3n) is 6.79. The number of carbonyl (C=O) groups is 2. The minimum Gasteiger partial charge on any atom is -0.507 e. The summed E-state index contributed by atoms with van der Waals surface area (Å²) in [7, 11) is 0. The maximum absolute atomic E-state index is 13.5. The summed E-state index contributed by atoms with van der Waals surface area (Å²) in [6.45, 7) is 2.75. The number of anilines is 1. The molecule has 1 amide bonds. The van der Waals surface area contributed by atoms with Crippen molar-refractivity contribution in [3.63, 3.8) is 0 Å². The first-order chi connectivity index (χ1) is 18.5. The van der Waals surface area contributed by atoms with Gasteiger partial charge in [0.15, 0.2) is 0 Å². The Morgan fingerprint density at radius 3 is 2.42 bits per heavy atom. The van der Waals surface area contributed by atoms with Crippen molar-refractivity contribution in [3.8, 4) is 5.75 Å². The predicted octanol–water partition coefficient (Wildman–Crippen LogP) is 7.69. The molecule has 0 bridgehead atoms. The number of rotatable bonds is 8. The summed E-state index contributed by atoms with van der Waals surface area (Å²) in [5.41, 5.74) is 1.68. The summed E-state index contributed by atoms with van der Waals surface area (Å²) < 4.78 is 5.79. The largest absolute Gasteiger partial charge is 0.507 e. The summed E-state index contributed by atoms with van der Waals surface area (Å²) >= 11 is 6.26. The van der Waals surface area contributed by atoms with E-state index in [0.29, 0.717) is 28.6 Å². The molecule has 1 saturated heterocycles. The van der Waals surface area contributed by atoms with E-state index in [4.69, 9.17) is 16.3 Å². The summed E-state index contributed by atoms with van der Waals surface area (Å²) in [6.07, 6.45) is 3.18. The molecule has 192 valence electrons. The third kappa shape index (κ3) is 4.90. The molecule has 38 heavy (non-hydrogen) atoms. The second-order valence-electron chi connectivity index (χ2n) is 9.30. The molecule has 1 atom stereocenters. The van der Waals surface area contributed by atoms with Crippen molar-refractivity contribution in [1.29, 1.82) is 0 Å². The van der Waals surface area contributed by atoms with E-state index in [1.54, 1.807) is 48.5 Å². The van der Waals surface area contributed by atoms with Gasteiger partial charge in [0.2, 0.25) is 0 Å². The van der Waals surface area contributed by atoms with Crippen molar-refractivity contribution >= 4 is 45.5 Å². The van der Waals surface area contributed by atoms with Gasteiger partial charge in [0, 0.05) is 16.3 Å². The molecule has 1 unspecified atom stereocenters. The van der Waals surface area contributed by atoms with Crippen LogP contribution in [0.25, 0.3) is 16.5 Å². The Morgan fingerprint density at radius 1 is 0.921 bits per heavy atom. The molecule has 1 fully saturated rings. The van der Waals surface area contributed by atoms with Gasteiger partial charge in [-0.2, -0.15) is 0 Å². The van der Waals surface area contributed by atoms with Crippen LogP contribution in [-0.4, -0.2) is 23.4 Å². The number of aliphatic hydroxyl groups excluding tert-OH is 1. The van der Waals surface area contributed by atoms with Gasteiger partial charge >= 0.3 is 0 Å². The first kappa shape index (κ1) is 25.6. The van der Waals surface area contributed by atoms with Crippen LogP contribution in [0.5, 0.6) is 5.75 Å². The van der Waals surface area contributed by atoms with E-state index >= 15 is 0 Å². The highest BCUT2D eigenvalue weighted by Crippen LogP contribution is 2.44. The van der Waals surface area contributed by atoms with E-state index in [1.807, 2.05) is 42.5 Å². The zero-order chi connectivity index (χ0) is 26.6. The van der Waals surface area contributed by atoms with Crippen molar-refractivity contribution in [3.05, 3.63) is 113 Å². The first-order valence-electron chi connectivity index (χ1n) is 12.8. The number of ketones is 1. The molecule has 1 aliphatic rings. The molecule has 5 nitrogen and oxygen atoms in total. The van der Waals surface area contributed by atoms with Gasteiger partial charge in [-0.15, -0.1) is 0 Å². The quantitative estimate of drug-likeness (QED) is 0.111. The maximum atomic E-state index is 13.5. The average molecular weight is 526 g/mol. The second kappa shape index (κ2) is 11.1. The number of ether oxygens (including phenoxy) is 1. The Labute approximate surface area is 226 Å². The number of unbranched alkanes of at least 4 members (excludes halogenated alkanes) is 2. The standard InChI is InChI=1S/C32H28ClNO4/c1-2-3-6-19-38-25-17-15-22(16-18-25)30(35)28-29(27-14-7-10-21-9-4-5-13-26(21)27)34(32(37)31(28)36)24-12-8-11-23(33)20-24/h4-5,7-18,20,29,35H,2-3,6,19H2,1H3/b30-28-. The Balaban J connectivity index is 1.63. The van der Waals surface area contributed by atoms with Gasteiger partial charge in [-0.25, -0.2) is 0 Å². The number of carbonyl (C=O) groups excluding carboxylic acids is 2. The van der Waals surface area contributed by atoms with E-state index in [9.17, 15) is 14.7 Å². The molecule has 4 aromatic rings. The minimum atomic E-state index is -0.843. The topological polar surface area (TPSA) is 66.8 Å². The zero-order valence-electron chi connectivity index (χ0n) is 21.1. The van der Waals surface area contributed by atoms with E-state index < -0.39 is 17.7 Å². The molecule has 0 aromatic heterocycles. The Kier molecular flexibility index (Phi) is 7.47. The number of hydrogen-bond donors (Lipinski definition) is 1. The summed E-state index contributed by atoms with van der Waals surface area (Å²) in [6, 6.07) is 26.5. The molecule has 0 spiro atoms. The Hall–Kier alpha value is -4.09. The van der Waals surface area contributed by atoms with Crippen LogP contribution in [0.4, 0.5) is 5.69 Å². The van der Waals surface area contributed by atoms with E-state index in [2.05, 4.69) is 6.92 Å². The lowest BCUT2D eigenvalue weighted by atomic mass is 9.91. The van der Waals surface area contributed by atoms with E-state index in [0.717, 1.165) is 35.6 Å². The van der Waals surface area contributed by atoms with Gasteiger partial charge in [0.1, 0.15) is 11.5 Å².